The number of hydrogen-bond donors (Lipinski definition) is 2. The largest absolute Gasteiger partial charge is 0.296 e. The molecule has 3 nitrogen and oxygen atoms in total. The molecule has 0 aliphatic carbocycles. The Balaban J connectivity index is 2.54. The Morgan fingerprint density at radius 3 is 2.77 bits per heavy atom. The van der Waals surface area contributed by atoms with Crippen LogP contribution >= 0.6 is 11.6 Å². The maximum Gasteiger partial charge on any atom is 0.253 e. The van der Waals surface area contributed by atoms with E-state index in [1.165, 1.54) is 12.1 Å². The standard InChI is InChI=1S/C8H8ClFN2O/c9-5-8(13)12-11-7-4-2-1-3-6(7)10/h1-4,11H,5H2,(H,12,13). The molecule has 0 radical (unpaired) electrons. The van der Waals surface area contributed by atoms with Crippen LogP contribution in [0.15, 0.2) is 24.3 Å². The third-order valence-corrected chi connectivity index (χ3v) is 1.57. The van der Waals surface area contributed by atoms with Crippen LogP contribution in [0.4, 0.5) is 10.1 Å². The van der Waals surface area contributed by atoms with Gasteiger partial charge in [-0.05, 0) is 12.1 Å². The van der Waals surface area contributed by atoms with Crippen LogP contribution in [0.25, 0.3) is 0 Å². The van der Waals surface area contributed by atoms with E-state index in [0.717, 1.165) is 0 Å². The highest BCUT2D eigenvalue weighted by Gasteiger charge is 2.00. The van der Waals surface area contributed by atoms with E-state index in [1.54, 1.807) is 12.1 Å². The highest BCUT2D eigenvalue weighted by atomic mass is 35.5. The first kappa shape index (κ1) is 9.80. The second-order valence-electron chi connectivity index (χ2n) is 2.29. The van der Waals surface area contributed by atoms with Crippen molar-refractivity contribution >= 4 is 23.2 Å². The number of carbonyl (C=O) groups excluding carboxylic acids is 1. The predicted molar refractivity (Wildman–Crippen MR) is 48.9 cm³/mol. The Kier molecular flexibility index (Phi) is 3.52. The van der Waals surface area contributed by atoms with E-state index >= 15 is 0 Å². The molecular weight excluding hydrogens is 195 g/mol. The lowest BCUT2D eigenvalue weighted by Crippen LogP contribution is -2.30. The number of rotatable bonds is 3. The highest BCUT2D eigenvalue weighted by molar-refractivity contribution is 6.27. The molecule has 0 aliphatic rings. The van der Waals surface area contributed by atoms with E-state index in [9.17, 15) is 9.18 Å². The summed E-state index contributed by atoms with van der Waals surface area (Å²) in [5, 5.41) is 0. The van der Waals surface area contributed by atoms with E-state index in [0.29, 0.717) is 0 Å². The molecule has 13 heavy (non-hydrogen) atoms. The van der Waals surface area contributed by atoms with Crippen LogP contribution < -0.4 is 10.9 Å². The Morgan fingerprint density at radius 1 is 1.46 bits per heavy atom. The van der Waals surface area contributed by atoms with Crippen LogP contribution in [0.1, 0.15) is 0 Å². The number of carbonyl (C=O) groups is 1. The van der Waals surface area contributed by atoms with Crippen molar-refractivity contribution in [3.8, 4) is 0 Å². The number of nitrogens with one attached hydrogen (secondary N) is 2. The summed E-state index contributed by atoms with van der Waals surface area (Å²) in [5.41, 5.74) is 4.84. The Hall–Kier alpha value is -1.29. The average molecular weight is 203 g/mol. The molecule has 1 amide bonds. The van der Waals surface area contributed by atoms with Gasteiger partial charge in [0, 0.05) is 0 Å². The van der Waals surface area contributed by atoms with Crippen LogP contribution in [-0.4, -0.2) is 11.8 Å². The van der Waals surface area contributed by atoms with E-state index in [2.05, 4.69) is 10.9 Å². The predicted octanol–water partition coefficient (Wildman–Crippen LogP) is 1.51. The summed E-state index contributed by atoms with van der Waals surface area (Å²) in [5.74, 6) is -1.01. The van der Waals surface area contributed by atoms with Crippen LogP contribution in [0.2, 0.25) is 0 Å². The maximum absolute atomic E-state index is 12.9. The molecule has 1 aromatic rings. The first-order valence-corrected chi connectivity index (χ1v) is 4.13. The molecule has 0 bridgehead atoms. The fourth-order valence-electron chi connectivity index (χ4n) is 0.733. The molecule has 2 N–H and O–H groups in total. The second kappa shape index (κ2) is 4.67. The van der Waals surface area contributed by atoms with Gasteiger partial charge in [-0.3, -0.25) is 15.6 Å². The van der Waals surface area contributed by atoms with E-state index < -0.39 is 11.7 Å². The van der Waals surface area contributed by atoms with Gasteiger partial charge in [0.1, 0.15) is 11.7 Å². The van der Waals surface area contributed by atoms with Crippen molar-refractivity contribution in [2.45, 2.75) is 0 Å². The van der Waals surface area contributed by atoms with Crippen LogP contribution in [0, 0.1) is 5.82 Å². The zero-order valence-electron chi connectivity index (χ0n) is 6.68. The third kappa shape index (κ3) is 2.91. The molecule has 1 rings (SSSR count). The van der Waals surface area contributed by atoms with Gasteiger partial charge in [-0.25, -0.2) is 4.39 Å². The number of alkyl halides is 1. The number of benzene rings is 1. The molecule has 0 atom stereocenters. The van der Waals surface area contributed by atoms with Gasteiger partial charge in [-0.2, -0.15) is 0 Å². The Morgan fingerprint density at radius 2 is 2.15 bits per heavy atom. The first-order valence-electron chi connectivity index (χ1n) is 3.59. The molecule has 0 saturated heterocycles. The zero-order chi connectivity index (χ0) is 9.68. The molecule has 0 unspecified atom stereocenters. The molecule has 0 fully saturated rings. The maximum atomic E-state index is 12.9. The number of amides is 1. The lowest BCUT2D eigenvalue weighted by Gasteiger charge is -2.06. The van der Waals surface area contributed by atoms with Gasteiger partial charge in [0.25, 0.3) is 5.91 Å². The van der Waals surface area contributed by atoms with Gasteiger partial charge in [0.2, 0.25) is 0 Å². The fraction of sp³-hybridized carbons (Fsp3) is 0.125. The van der Waals surface area contributed by atoms with Crippen molar-refractivity contribution in [1.82, 2.24) is 5.43 Å². The topological polar surface area (TPSA) is 41.1 Å². The van der Waals surface area contributed by atoms with Crippen molar-refractivity contribution in [2.24, 2.45) is 0 Å². The molecule has 1 aromatic carbocycles. The summed E-state index contributed by atoms with van der Waals surface area (Å²) in [6, 6.07) is 6.00. The number of para-hydroxylation sites is 1. The van der Waals surface area contributed by atoms with Crippen LogP contribution in [0.5, 0.6) is 0 Å². The van der Waals surface area contributed by atoms with Gasteiger partial charge in [-0.1, -0.05) is 12.1 Å². The van der Waals surface area contributed by atoms with Crippen molar-refractivity contribution < 1.29 is 9.18 Å². The number of hydrogen-bond acceptors (Lipinski definition) is 2. The summed E-state index contributed by atoms with van der Waals surface area (Å²) < 4.78 is 12.9. The quantitative estimate of drug-likeness (QED) is 0.576. The summed E-state index contributed by atoms with van der Waals surface area (Å²) in [6.45, 7) is 0. The Labute approximate surface area is 79.9 Å². The van der Waals surface area contributed by atoms with E-state index in [-0.39, 0.29) is 11.6 Å². The van der Waals surface area contributed by atoms with Crippen molar-refractivity contribution in [1.29, 1.82) is 0 Å². The van der Waals surface area contributed by atoms with Gasteiger partial charge >= 0.3 is 0 Å². The SMILES string of the molecule is O=C(CCl)NNc1ccccc1F. The van der Waals surface area contributed by atoms with Gasteiger partial charge in [0.15, 0.2) is 0 Å². The number of halogens is 2. The van der Waals surface area contributed by atoms with Gasteiger partial charge in [-0.15, -0.1) is 11.6 Å². The summed E-state index contributed by atoms with van der Waals surface area (Å²) in [4.78, 5) is 10.7. The number of hydrazine groups is 1. The van der Waals surface area contributed by atoms with Gasteiger partial charge in [0.05, 0.1) is 5.69 Å². The summed E-state index contributed by atoms with van der Waals surface area (Å²) in [7, 11) is 0. The second-order valence-corrected chi connectivity index (χ2v) is 2.55. The molecule has 0 saturated carbocycles. The molecule has 0 heterocycles. The average Bonchev–Trinajstić information content (AvgIpc) is 2.16. The molecule has 0 spiro atoms. The van der Waals surface area contributed by atoms with Crippen LogP contribution in [-0.2, 0) is 4.79 Å². The third-order valence-electron chi connectivity index (χ3n) is 1.33. The molecular formula is C8H8ClFN2O. The zero-order valence-corrected chi connectivity index (χ0v) is 7.44. The van der Waals surface area contributed by atoms with Crippen molar-refractivity contribution in [2.75, 3.05) is 11.3 Å². The molecule has 70 valence electrons. The minimum Gasteiger partial charge on any atom is -0.296 e. The number of anilines is 1. The van der Waals surface area contributed by atoms with Crippen molar-refractivity contribution in [3.05, 3.63) is 30.1 Å². The lowest BCUT2D eigenvalue weighted by molar-refractivity contribution is -0.118. The first-order chi connectivity index (χ1) is 6.24. The molecule has 0 aromatic heterocycles. The van der Waals surface area contributed by atoms with Crippen molar-refractivity contribution in [3.63, 3.8) is 0 Å². The molecule has 0 aliphatic heterocycles. The highest BCUT2D eigenvalue weighted by Crippen LogP contribution is 2.10. The fourth-order valence-corrected chi connectivity index (χ4v) is 0.800. The van der Waals surface area contributed by atoms with E-state index in [4.69, 9.17) is 11.6 Å². The smallest absolute Gasteiger partial charge is 0.253 e. The lowest BCUT2D eigenvalue weighted by atomic mass is 10.3. The Bertz CT molecular complexity index is 306. The normalized spacial score (nSPS) is 9.38. The van der Waals surface area contributed by atoms with E-state index in [1.807, 2.05) is 0 Å². The summed E-state index contributed by atoms with van der Waals surface area (Å²) in [6.07, 6.45) is 0. The molecule has 5 heteroatoms. The monoisotopic (exact) mass is 202 g/mol. The minimum atomic E-state index is -0.433. The van der Waals surface area contributed by atoms with Crippen LogP contribution in [0.3, 0.4) is 0 Å². The minimum absolute atomic E-state index is 0.165. The summed E-state index contributed by atoms with van der Waals surface area (Å²) >= 11 is 5.21. The van der Waals surface area contributed by atoms with Gasteiger partial charge < -0.3 is 0 Å².